The van der Waals surface area contributed by atoms with Gasteiger partial charge in [0, 0.05) is 11.9 Å². The monoisotopic (exact) mass is 317 g/mol. The number of pyridine rings is 1. The lowest BCUT2D eigenvalue weighted by Gasteiger charge is -2.07. The van der Waals surface area contributed by atoms with Crippen LogP contribution in [0, 0.1) is 5.82 Å². The van der Waals surface area contributed by atoms with Crippen molar-refractivity contribution in [1.29, 1.82) is 0 Å². The van der Waals surface area contributed by atoms with Gasteiger partial charge in [0.05, 0.1) is 17.2 Å². The fourth-order valence-electron chi connectivity index (χ4n) is 1.47. The van der Waals surface area contributed by atoms with E-state index in [1.165, 1.54) is 42.1 Å². The molecule has 2 rings (SSSR count). The Hall–Kier alpha value is -1.76. The maximum Gasteiger partial charge on any atom is 0.417 e. The van der Waals surface area contributed by atoms with Crippen molar-refractivity contribution in [3.05, 3.63) is 54.0 Å². The van der Waals surface area contributed by atoms with Crippen LogP contribution in [0.5, 0.6) is 5.75 Å². The Kier molecular flexibility index (Phi) is 5.06. The van der Waals surface area contributed by atoms with E-state index in [0.717, 1.165) is 12.3 Å². The van der Waals surface area contributed by atoms with Crippen molar-refractivity contribution in [2.75, 3.05) is 12.4 Å². The third kappa shape index (κ3) is 4.93. The number of nitrogens with zero attached hydrogens (tertiary/aromatic N) is 1. The van der Waals surface area contributed by atoms with Crippen molar-refractivity contribution in [2.24, 2.45) is 0 Å². The topological polar surface area (TPSA) is 22.1 Å². The molecule has 1 aromatic carbocycles. The lowest BCUT2D eigenvalue weighted by molar-refractivity contribution is -0.137. The van der Waals surface area contributed by atoms with Crippen LogP contribution in [-0.2, 0) is 6.18 Å². The lowest BCUT2D eigenvalue weighted by Crippen LogP contribution is -2.05. The standard InChI is InChI=1S/C14H11F4NOS/c15-11-2-4-12(5-3-11)20-7-8-21-13-6-1-10(9-19-13)14(16,17)18/h1-6,9H,7-8H2. The average Bonchev–Trinajstić information content (AvgIpc) is 2.45. The summed E-state index contributed by atoms with van der Waals surface area (Å²) in [4.78, 5) is 3.74. The van der Waals surface area contributed by atoms with E-state index < -0.39 is 11.7 Å². The van der Waals surface area contributed by atoms with Crippen molar-refractivity contribution < 1.29 is 22.3 Å². The number of halogens is 4. The van der Waals surface area contributed by atoms with Gasteiger partial charge in [0.2, 0.25) is 0 Å². The molecule has 0 aliphatic rings. The summed E-state index contributed by atoms with van der Waals surface area (Å²) < 4.78 is 55.1. The number of hydrogen-bond acceptors (Lipinski definition) is 3. The molecule has 21 heavy (non-hydrogen) atoms. The number of hydrogen-bond donors (Lipinski definition) is 0. The molecule has 1 aromatic heterocycles. The van der Waals surface area contributed by atoms with Gasteiger partial charge in [-0.15, -0.1) is 11.8 Å². The van der Waals surface area contributed by atoms with Crippen molar-refractivity contribution >= 4 is 11.8 Å². The van der Waals surface area contributed by atoms with Gasteiger partial charge in [-0.3, -0.25) is 0 Å². The van der Waals surface area contributed by atoms with Crippen LogP contribution in [0.3, 0.4) is 0 Å². The summed E-state index contributed by atoms with van der Waals surface area (Å²) in [5.74, 6) is 0.721. The molecule has 1 heterocycles. The van der Waals surface area contributed by atoms with E-state index in [1.54, 1.807) is 0 Å². The SMILES string of the molecule is Fc1ccc(OCCSc2ccc(C(F)(F)F)cn2)cc1. The molecule has 0 saturated heterocycles. The van der Waals surface area contributed by atoms with E-state index >= 15 is 0 Å². The molecule has 0 aliphatic carbocycles. The van der Waals surface area contributed by atoms with Crippen molar-refractivity contribution in [2.45, 2.75) is 11.2 Å². The summed E-state index contributed by atoms with van der Waals surface area (Å²) in [7, 11) is 0. The second-order valence-electron chi connectivity index (χ2n) is 4.03. The molecule has 0 saturated carbocycles. The normalized spacial score (nSPS) is 11.4. The van der Waals surface area contributed by atoms with Gasteiger partial charge in [-0.2, -0.15) is 13.2 Å². The predicted molar refractivity (Wildman–Crippen MR) is 71.9 cm³/mol. The van der Waals surface area contributed by atoms with Gasteiger partial charge in [0.15, 0.2) is 0 Å². The first-order chi connectivity index (χ1) is 9.95. The summed E-state index contributed by atoms with van der Waals surface area (Å²) >= 11 is 1.28. The molecule has 0 fully saturated rings. The molecule has 0 spiro atoms. The lowest BCUT2D eigenvalue weighted by atomic mass is 10.3. The van der Waals surface area contributed by atoms with Crippen molar-refractivity contribution in [1.82, 2.24) is 4.98 Å². The van der Waals surface area contributed by atoms with E-state index in [1.807, 2.05) is 0 Å². The molecule has 112 valence electrons. The Morgan fingerprint density at radius 1 is 1.05 bits per heavy atom. The Bertz CT molecular complexity index is 569. The third-order valence-corrected chi connectivity index (χ3v) is 3.39. The first kappa shape index (κ1) is 15.6. The maximum absolute atomic E-state index is 12.7. The molecule has 0 unspecified atom stereocenters. The van der Waals surface area contributed by atoms with Crippen LogP contribution in [0.15, 0.2) is 47.6 Å². The Morgan fingerprint density at radius 3 is 2.33 bits per heavy atom. The number of rotatable bonds is 5. The highest BCUT2D eigenvalue weighted by Gasteiger charge is 2.30. The molecule has 0 radical (unpaired) electrons. The highest BCUT2D eigenvalue weighted by Crippen LogP contribution is 2.29. The summed E-state index contributed by atoms with van der Waals surface area (Å²) in [6.07, 6.45) is -3.56. The first-order valence-corrected chi connectivity index (χ1v) is 6.98. The van der Waals surface area contributed by atoms with E-state index in [4.69, 9.17) is 4.74 Å². The smallest absolute Gasteiger partial charge is 0.417 e. The minimum atomic E-state index is -4.37. The average molecular weight is 317 g/mol. The Balaban J connectivity index is 1.77. The second kappa shape index (κ2) is 6.80. The van der Waals surface area contributed by atoms with Crippen LogP contribution in [-0.4, -0.2) is 17.3 Å². The minimum Gasteiger partial charge on any atom is -0.493 e. The highest BCUT2D eigenvalue weighted by atomic mass is 32.2. The molecule has 2 aromatic rings. The van der Waals surface area contributed by atoms with E-state index in [-0.39, 0.29) is 5.82 Å². The zero-order valence-corrected chi connectivity index (χ0v) is 11.5. The summed E-state index contributed by atoms with van der Waals surface area (Å²) in [5.41, 5.74) is -0.769. The van der Waals surface area contributed by atoms with Gasteiger partial charge in [0.1, 0.15) is 11.6 Å². The van der Waals surface area contributed by atoms with E-state index in [0.29, 0.717) is 23.1 Å². The van der Waals surface area contributed by atoms with Crippen LogP contribution in [0.25, 0.3) is 0 Å². The number of thioether (sulfide) groups is 1. The van der Waals surface area contributed by atoms with Crippen molar-refractivity contribution in [3.63, 3.8) is 0 Å². The third-order valence-electron chi connectivity index (χ3n) is 2.48. The molecule has 2 nitrogen and oxygen atoms in total. The predicted octanol–water partition coefficient (Wildman–Crippen LogP) is 4.41. The van der Waals surface area contributed by atoms with E-state index in [2.05, 4.69) is 4.98 Å². The van der Waals surface area contributed by atoms with Crippen molar-refractivity contribution in [3.8, 4) is 5.75 Å². The molecule has 0 atom stereocenters. The zero-order valence-electron chi connectivity index (χ0n) is 10.7. The van der Waals surface area contributed by atoms with Crippen LogP contribution in [0.2, 0.25) is 0 Å². The van der Waals surface area contributed by atoms with Gasteiger partial charge >= 0.3 is 6.18 Å². The van der Waals surface area contributed by atoms with Crippen LogP contribution < -0.4 is 4.74 Å². The van der Waals surface area contributed by atoms with Gasteiger partial charge in [0.25, 0.3) is 0 Å². The summed E-state index contributed by atoms with van der Waals surface area (Å²) in [6.45, 7) is 0.346. The van der Waals surface area contributed by atoms with Gasteiger partial charge in [-0.1, -0.05) is 0 Å². The number of aromatic nitrogens is 1. The largest absolute Gasteiger partial charge is 0.493 e. The van der Waals surface area contributed by atoms with Gasteiger partial charge in [-0.05, 0) is 36.4 Å². The summed E-state index contributed by atoms with van der Waals surface area (Å²) in [5, 5.41) is 0.491. The van der Waals surface area contributed by atoms with Crippen LogP contribution in [0.4, 0.5) is 17.6 Å². The second-order valence-corrected chi connectivity index (χ2v) is 5.15. The highest BCUT2D eigenvalue weighted by molar-refractivity contribution is 7.99. The van der Waals surface area contributed by atoms with Gasteiger partial charge < -0.3 is 4.74 Å². The minimum absolute atomic E-state index is 0.342. The molecule has 0 N–H and O–H groups in total. The van der Waals surface area contributed by atoms with E-state index in [9.17, 15) is 17.6 Å². The summed E-state index contributed by atoms with van der Waals surface area (Å²) in [6, 6.07) is 7.92. The molecular weight excluding hydrogens is 306 g/mol. The zero-order chi connectivity index (χ0) is 15.3. The number of ether oxygens (including phenoxy) is 1. The number of benzene rings is 1. The number of alkyl halides is 3. The van der Waals surface area contributed by atoms with Crippen LogP contribution >= 0.6 is 11.8 Å². The molecule has 0 amide bonds. The Morgan fingerprint density at radius 2 is 1.76 bits per heavy atom. The first-order valence-electron chi connectivity index (χ1n) is 5.99. The Labute approximate surface area is 123 Å². The molecule has 7 heteroatoms. The van der Waals surface area contributed by atoms with Crippen LogP contribution in [0.1, 0.15) is 5.56 Å². The quantitative estimate of drug-likeness (QED) is 0.463. The fraction of sp³-hybridized carbons (Fsp3) is 0.214. The molecule has 0 bridgehead atoms. The van der Waals surface area contributed by atoms with Gasteiger partial charge in [-0.25, -0.2) is 9.37 Å². The fourth-order valence-corrected chi connectivity index (χ4v) is 2.14. The molecular formula is C14H11F4NOS. The maximum atomic E-state index is 12.7. The molecule has 0 aliphatic heterocycles.